The maximum absolute atomic E-state index is 12.2. The lowest BCUT2D eigenvalue weighted by atomic mass is 10.1. The Hall–Kier alpha value is -3.41. The summed E-state index contributed by atoms with van der Waals surface area (Å²) in [6.45, 7) is 3.46. The summed E-state index contributed by atoms with van der Waals surface area (Å²) in [6, 6.07) is 16.7. The first-order valence-electron chi connectivity index (χ1n) is 10.2. The van der Waals surface area contributed by atoms with E-state index in [1.54, 1.807) is 30.5 Å². The van der Waals surface area contributed by atoms with Crippen molar-refractivity contribution >= 4 is 22.6 Å². The van der Waals surface area contributed by atoms with E-state index in [0.717, 1.165) is 22.4 Å². The Kier molecular flexibility index (Phi) is 7.78. The van der Waals surface area contributed by atoms with Gasteiger partial charge in [0.05, 0.1) is 13.2 Å². The zero-order valence-corrected chi connectivity index (χ0v) is 17.1. The SMILES string of the molecule is CCOc1ccc(C(=O)CCC(=O)NCCCOc2cccc3cccnc23)cc1. The summed E-state index contributed by atoms with van der Waals surface area (Å²) in [4.78, 5) is 28.6. The number of carbonyl (C=O) groups excluding carboxylic acids is 2. The normalized spacial score (nSPS) is 10.6. The summed E-state index contributed by atoms with van der Waals surface area (Å²) >= 11 is 0. The Morgan fingerprint density at radius 3 is 2.57 bits per heavy atom. The fourth-order valence-corrected chi connectivity index (χ4v) is 3.04. The second-order valence-electron chi connectivity index (χ2n) is 6.76. The molecule has 30 heavy (non-hydrogen) atoms. The standard InChI is InChI=1S/C24H26N2O4/c1-2-29-20-11-9-18(10-12-20)21(27)13-14-23(28)25-16-5-17-30-22-8-3-6-19-7-4-15-26-24(19)22/h3-4,6-12,15H,2,5,13-14,16-17H2,1H3,(H,25,28). The number of amides is 1. The van der Waals surface area contributed by atoms with Gasteiger partial charge in [-0.25, -0.2) is 0 Å². The van der Waals surface area contributed by atoms with Crippen LogP contribution in [0.1, 0.15) is 36.5 Å². The van der Waals surface area contributed by atoms with E-state index < -0.39 is 0 Å². The van der Waals surface area contributed by atoms with Crippen molar-refractivity contribution in [1.29, 1.82) is 0 Å². The van der Waals surface area contributed by atoms with Gasteiger partial charge in [-0.05, 0) is 49.7 Å². The van der Waals surface area contributed by atoms with Crippen LogP contribution in [0.3, 0.4) is 0 Å². The minimum atomic E-state index is -0.138. The molecule has 1 N–H and O–H groups in total. The maximum Gasteiger partial charge on any atom is 0.220 e. The molecule has 0 saturated heterocycles. The first-order valence-corrected chi connectivity index (χ1v) is 10.2. The van der Waals surface area contributed by atoms with Crippen molar-refractivity contribution in [2.45, 2.75) is 26.2 Å². The molecule has 6 heteroatoms. The highest BCUT2D eigenvalue weighted by Crippen LogP contribution is 2.22. The van der Waals surface area contributed by atoms with Crippen molar-refractivity contribution in [3.05, 3.63) is 66.4 Å². The molecule has 0 spiro atoms. The Labute approximate surface area is 176 Å². The van der Waals surface area contributed by atoms with Gasteiger partial charge >= 0.3 is 0 Å². The summed E-state index contributed by atoms with van der Waals surface area (Å²) in [5.41, 5.74) is 1.42. The number of nitrogens with zero attached hydrogens (tertiary/aromatic N) is 1. The number of hydrogen-bond donors (Lipinski definition) is 1. The van der Waals surface area contributed by atoms with Crippen LogP contribution in [0.2, 0.25) is 0 Å². The first kappa shape index (κ1) is 21.3. The Balaban J connectivity index is 1.34. The molecule has 0 aliphatic carbocycles. The molecule has 0 saturated carbocycles. The number of aromatic nitrogens is 1. The molecule has 1 heterocycles. The number of ketones is 1. The number of pyridine rings is 1. The van der Waals surface area contributed by atoms with Gasteiger partial charge < -0.3 is 14.8 Å². The van der Waals surface area contributed by atoms with Crippen LogP contribution in [-0.2, 0) is 4.79 Å². The first-order chi connectivity index (χ1) is 14.7. The van der Waals surface area contributed by atoms with Crippen molar-refractivity contribution in [2.75, 3.05) is 19.8 Å². The molecule has 0 bridgehead atoms. The molecule has 1 amide bonds. The summed E-state index contributed by atoms with van der Waals surface area (Å²) in [6.07, 6.45) is 2.75. The van der Waals surface area contributed by atoms with Crippen LogP contribution in [0, 0.1) is 0 Å². The van der Waals surface area contributed by atoms with Gasteiger partial charge in [0.25, 0.3) is 0 Å². The molecule has 0 aliphatic heterocycles. The number of fused-ring (bicyclic) bond motifs is 1. The van der Waals surface area contributed by atoms with Crippen molar-refractivity contribution in [3.8, 4) is 11.5 Å². The average Bonchev–Trinajstić information content (AvgIpc) is 2.78. The summed E-state index contributed by atoms with van der Waals surface area (Å²) in [5, 5.41) is 3.86. The summed E-state index contributed by atoms with van der Waals surface area (Å²) in [5.74, 6) is 1.27. The molecule has 0 fully saturated rings. The third-order valence-corrected chi connectivity index (χ3v) is 4.56. The van der Waals surface area contributed by atoms with Crippen LogP contribution in [0.25, 0.3) is 10.9 Å². The van der Waals surface area contributed by atoms with Gasteiger partial charge in [-0.1, -0.05) is 18.2 Å². The van der Waals surface area contributed by atoms with E-state index in [9.17, 15) is 9.59 Å². The Morgan fingerprint density at radius 2 is 1.77 bits per heavy atom. The lowest BCUT2D eigenvalue weighted by Gasteiger charge is -2.09. The molecule has 6 nitrogen and oxygen atoms in total. The van der Waals surface area contributed by atoms with Crippen LogP contribution in [0.15, 0.2) is 60.8 Å². The molecule has 3 aromatic rings. The summed E-state index contributed by atoms with van der Waals surface area (Å²) < 4.78 is 11.2. The van der Waals surface area contributed by atoms with E-state index in [0.29, 0.717) is 31.7 Å². The van der Waals surface area contributed by atoms with Gasteiger partial charge in [-0.2, -0.15) is 0 Å². The number of Topliss-reactive ketones (excluding diaryl/α,β-unsaturated/α-hetero) is 1. The molecule has 1 aromatic heterocycles. The number of hydrogen-bond acceptors (Lipinski definition) is 5. The van der Waals surface area contributed by atoms with Gasteiger partial charge in [-0.15, -0.1) is 0 Å². The number of carbonyl (C=O) groups is 2. The second kappa shape index (κ2) is 11.0. The van der Waals surface area contributed by atoms with Crippen LogP contribution < -0.4 is 14.8 Å². The van der Waals surface area contributed by atoms with Gasteiger partial charge in [0.2, 0.25) is 5.91 Å². The average molecular weight is 406 g/mol. The molecule has 156 valence electrons. The van der Waals surface area contributed by atoms with Crippen LogP contribution in [-0.4, -0.2) is 36.4 Å². The lowest BCUT2D eigenvalue weighted by molar-refractivity contribution is -0.121. The van der Waals surface area contributed by atoms with Crippen LogP contribution in [0.5, 0.6) is 11.5 Å². The van der Waals surface area contributed by atoms with Crippen LogP contribution >= 0.6 is 0 Å². The largest absolute Gasteiger partial charge is 0.494 e. The van der Waals surface area contributed by atoms with Gasteiger partial charge in [-0.3, -0.25) is 14.6 Å². The molecule has 0 aliphatic rings. The smallest absolute Gasteiger partial charge is 0.220 e. The highest BCUT2D eigenvalue weighted by atomic mass is 16.5. The number of nitrogens with one attached hydrogen (secondary N) is 1. The molecule has 2 aromatic carbocycles. The fourth-order valence-electron chi connectivity index (χ4n) is 3.04. The van der Waals surface area contributed by atoms with Gasteiger partial charge in [0.1, 0.15) is 17.0 Å². The predicted molar refractivity (Wildman–Crippen MR) is 116 cm³/mol. The third kappa shape index (κ3) is 6.04. The molecule has 3 rings (SSSR count). The highest BCUT2D eigenvalue weighted by Gasteiger charge is 2.09. The van der Waals surface area contributed by atoms with E-state index in [1.807, 2.05) is 37.3 Å². The van der Waals surface area contributed by atoms with Gasteiger partial charge in [0.15, 0.2) is 5.78 Å². The van der Waals surface area contributed by atoms with Gasteiger partial charge in [0, 0.05) is 36.5 Å². The van der Waals surface area contributed by atoms with Crippen molar-refractivity contribution in [2.24, 2.45) is 0 Å². The number of benzene rings is 2. The minimum Gasteiger partial charge on any atom is -0.494 e. The number of ether oxygens (including phenoxy) is 2. The Bertz CT molecular complexity index is 981. The lowest BCUT2D eigenvalue weighted by Crippen LogP contribution is -2.26. The Morgan fingerprint density at radius 1 is 0.967 bits per heavy atom. The molecule has 0 atom stereocenters. The highest BCUT2D eigenvalue weighted by molar-refractivity contribution is 5.98. The zero-order chi connectivity index (χ0) is 21.2. The van der Waals surface area contributed by atoms with Crippen LogP contribution in [0.4, 0.5) is 0 Å². The number of rotatable bonds is 11. The quantitative estimate of drug-likeness (QED) is 0.382. The van der Waals surface area contributed by atoms with E-state index in [4.69, 9.17) is 9.47 Å². The predicted octanol–water partition coefficient (Wildman–Crippen LogP) is 4.18. The molecule has 0 radical (unpaired) electrons. The van der Waals surface area contributed by atoms with E-state index in [-0.39, 0.29) is 24.5 Å². The second-order valence-corrected chi connectivity index (χ2v) is 6.76. The molecular weight excluding hydrogens is 380 g/mol. The topological polar surface area (TPSA) is 77.5 Å². The van der Waals surface area contributed by atoms with E-state index in [1.165, 1.54) is 0 Å². The minimum absolute atomic E-state index is 0.0556. The number of para-hydroxylation sites is 1. The fraction of sp³-hybridized carbons (Fsp3) is 0.292. The van der Waals surface area contributed by atoms with Crippen molar-refractivity contribution in [3.63, 3.8) is 0 Å². The third-order valence-electron chi connectivity index (χ3n) is 4.56. The van der Waals surface area contributed by atoms with E-state index >= 15 is 0 Å². The molecular formula is C24H26N2O4. The van der Waals surface area contributed by atoms with E-state index in [2.05, 4.69) is 10.3 Å². The van der Waals surface area contributed by atoms with Crippen molar-refractivity contribution in [1.82, 2.24) is 10.3 Å². The summed E-state index contributed by atoms with van der Waals surface area (Å²) in [7, 11) is 0. The zero-order valence-electron chi connectivity index (χ0n) is 17.1. The molecule has 0 unspecified atom stereocenters. The maximum atomic E-state index is 12.2. The van der Waals surface area contributed by atoms with Crippen molar-refractivity contribution < 1.29 is 19.1 Å². The monoisotopic (exact) mass is 406 g/mol.